The number of amides is 1. The van der Waals surface area contributed by atoms with Crippen molar-refractivity contribution < 1.29 is 4.79 Å². The van der Waals surface area contributed by atoms with Crippen LogP contribution in [-0.2, 0) is 4.79 Å². The topological polar surface area (TPSA) is 72.7 Å². The largest absolute Gasteiger partial charge is 0.325 e. The number of nitrogens with one attached hydrogen (secondary N) is 1. The highest BCUT2D eigenvalue weighted by molar-refractivity contribution is 9.10. The third-order valence-electron chi connectivity index (χ3n) is 3.80. The Bertz CT molecular complexity index is 1080. The van der Waals surface area contributed by atoms with E-state index in [1.165, 1.54) is 18.1 Å². The number of carbonyl (C=O) groups excluding carboxylic acids is 1. The van der Waals surface area contributed by atoms with Gasteiger partial charge in [-0.15, -0.1) is 0 Å². The zero-order chi connectivity index (χ0) is 18.6. The molecule has 134 valence electrons. The van der Waals surface area contributed by atoms with E-state index in [-0.39, 0.29) is 11.7 Å². The van der Waals surface area contributed by atoms with E-state index >= 15 is 0 Å². The molecule has 0 aliphatic rings. The van der Waals surface area contributed by atoms with Crippen LogP contribution >= 0.6 is 27.7 Å². The molecule has 8 heteroatoms. The molecule has 27 heavy (non-hydrogen) atoms. The van der Waals surface area contributed by atoms with Gasteiger partial charge in [-0.3, -0.25) is 4.79 Å². The van der Waals surface area contributed by atoms with Gasteiger partial charge in [0.25, 0.3) is 0 Å². The maximum absolute atomic E-state index is 12.2. The van der Waals surface area contributed by atoms with Gasteiger partial charge < -0.3 is 5.32 Å². The van der Waals surface area contributed by atoms with Crippen LogP contribution in [-0.4, -0.2) is 31.4 Å². The number of rotatable bonds is 5. The maximum Gasteiger partial charge on any atom is 0.234 e. The Hall–Kier alpha value is -2.71. The van der Waals surface area contributed by atoms with Crippen molar-refractivity contribution in [2.75, 3.05) is 11.1 Å². The highest BCUT2D eigenvalue weighted by atomic mass is 79.9. The lowest BCUT2D eigenvalue weighted by molar-refractivity contribution is -0.113. The minimum Gasteiger partial charge on any atom is -0.325 e. The van der Waals surface area contributed by atoms with E-state index in [1.54, 1.807) is 10.9 Å². The summed E-state index contributed by atoms with van der Waals surface area (Å²) in [6, 6.07) is 17.2. The second-order valence-corrected chi connectivity index (χ2v) is 7.53. The Balaban J connectivity index is 1.50. The van der Waals surface area contributed by atoms with Gasteiger partial charge in [0.2, 0.25) is 5.91 Å². The van der Waals surface area contributed by atoms with Crippen molar-refractivity contribution in [1.29, 1.82) is 0 Å². The highest BCUT2D eigenvalue weighted by Gasteiger charge is 2.13. The summed E-state index contributed by atoms with van der Waals surface area (Å²) in [7, 11) is 0. The summed E-state index contributed by atoms with van der Waals surface area (Å²) in [4.78, 5) is 20.9. The van der Waals surface area contributed by atoms with E-state index in [2.05, 4.69) is 36.3 Å². The normalized spacial score (nSPS) is 10.9. The third-order valence-corrected chi connectivity index (χ3v) is 5.33. The molecule has 4 aromatic rings. The number of hydrogen-bond donors (Lipinski definition) is 1. The van der Waals surface area contributed by atoms with Crippen LogP contribution in [0.3, 0.4) is 0 Å². The van der Waals surface area contributed by atoms with Gasteiger partial charge in [0.05, 0.1) is 23.0 Å². The number of benzene rings is 2. The van der Waals surface area contributed by atoms with Crippen molar-refractivity contribution in [3.05, 3.63) is 71.6 Å². The van der Waals surface area contributed by atoms with Crippen LogP contribution < -0.4 is 5.32 Å². The van der Waals surface area contributed by atoms with Gasteiger partial charge in [-0.1, -0.05) is 45.9 Å². The highest BCUT2D eigenvalue weighted by Crippen LogP contribution is 2.26. The quantitative estimate of drug-likeness (QED) is 0.370. The van der Waals surface area contributed by atoms with Crippen molar-refractivity contribution in [2.45, 2.75) is 5.03 Å². The zero-order valence-electron chi connectivity index (χ0n) is 14.0. The Kier molecular flexibility index (Phi) is 5.17. The number of aromatic nitrogens is 4. The van der Waals surface area contributed by atoms with E-state index in [0.29, 0.717) is 5.65 Å². The molecular weight excluding hydrogens is 426 g/mol. The Morgan fingerprint density at radius 2 is 1.85 bits per heavy atom. The van der Waals surface area contributed by atoms with Crippen LogP contribution in [0.5, 0.6) is 0 Å². The van der Waals surface area contributed by atoms with Crippen molar-refractivity contribution in [1.82, 2.24) is 19.7 Å². The molecule has 0 unspecified atom stereocenters. The average molecular weight is 440 g/mol. The first kappa shape index (κ1) is 17.7. The number of hydrogen-bond acceptors (Lipinski definition) is 5. The number of fused-ring (bicyclic) bond motifs is 1. The number of anilines is 1. The summed E-state index contributed by atoms with van der Waals surface area (Å²) in [6.45, 7) is 0. The lowest BCUT2D eigenvalue weighted by Crippen LogP contribution is -2.14. The van der Waals surface area contributed by atoms with Crippen LogP contribution in [0.15, 0.2) is 76.6 Å². The van der Waals surface area contributed by atoms with Crippen molar-refractivity contribution in [2.24, 2.45) is 0 Å². The molecule has 1 amide bonds. The lowest BCUT2D eigenvalue weighted by atomic mass is 10.3. The molecular formula is C19H14BrN5OS. The molecule has 4 rings (SSSR count). The summed E-state index contributed by atoms with van der Waals surface area (Å²) in [5.74, 6) is 0.156. The SMILES string of the molecule is O=C(CSc1ncnc2c1cnn2-c1ccccc1)Nc1ccc(Br)cc1. The molecule has 2 aromatic carbocycles. The molecule has 0 radical (unpaired) electrons. The summed E-state index contributed by atoms with van der Waals surface area (Å²) in [5.41, 5.74) is 2.40. The van der Waals surface area contributed by atoms with Crippen LogP contribution in [0.2, 0.25) is 0 Å². The lowest BCUT2D eigenvalue weighted by Gasteiger charge is -2.06. The zero-order valence-corrected chi connectivity index (χ0v) is 16.4. The van der Waals surface area contributed by atoms with E-state index in [1.807, 2.05) is 54.6 Å². The Morgan fingerprint density at radius 1 is 1.07 bits per heavy atom. The number of nitrogens with zero attached hydrogens (tertiary/aromatic N) is 4. The van der Waals surface area contributed by atoms with Gasteiger partial charge in [0.1, 0.15) is 11.4 Å². The number of thioether (sulfide) groups is 1. The molecule has 2 heterocycles. The van der Waals surface area contributed by atoms with E-state index < -0.39 is 0 Å². The molecule has 0 bridgehead atoms. The summed E-state index contributed by atoms with van der Waals surface area (Å²) >= 11 is 4.74. The minimum absolute atomic E-state index is 0.0930. The molecule has 0 atom stereocenters. The van der Waals surface area contributed by atoms with Crippen LogP contribution in [0.4, 0.5) is 5.69 Å². The molecule has 6 nitrogen and oxygen atoms in total. The number of halogens is 1. The van der Waals surface area contributed by atoms with Gasteiger partial charge in [0, 0.05) is 10.2 Å². The molecule has 0 saturated heterocycles. The van der Waals surface area contributed by atoms with Gasteiger partial charge in [0.15, 0.2) is 5.65 Å². The van der Waals surface area contributed by atoms with E-state index in [0.717, 1.165) is 26.3 Å². The van der Waals surface area contributed by atoms with E-state index in [9.17, 15) is 4.79 Å². The fourth-order valence-electron chi connectivity index (χ4n) is 2.56. The predicted molar refractivity (Wildman–Crippen MR) is 110 cm³/mol. The van der Waals surface area contributed by atoms with Crippen molar-refractivity contribution in [3.63, 3.8) is 0 Å². The third kappa shape index (κ3) is 4.01. The Morgan fingerprint density at radius 3 is 2.63 bits per heavy atom. The average Bonchev–Trinajstić information content (AvgIpc) is 3.13. The summed E-state index contributed by atoms with van der Waals surface area (Å²) in [5, 5.41) is 8.85. The monoisotopic (exact) mass is 439 g/mol. The summed E-state index contributed by atoms with van der Waals surface area (Å²) < 4.78 is 2.73. The fraction of sp³-hybridized carbons (Fsp3) is 0.0526. The van der Waals surface area contributed by atoms with E-state index in [4.69, 9.17) is 0 Å². The summed E-state index contributed by atoms with van der Waals surface area (Å²) in [6.07, 6.45) is 3.23. The second-order valence-electron chi connectivity index (χ2n) is 5.65. The molecule has 1 N–H and O–H groups in total. The smallest absolute Gasteiger partial charge is 0.234 e. The molecule has 2 aromatic heterocycles. The molecule has 0 aliphatic heterocycles. The molecule has 0 aliphatic carbocycles. The first-order valence-corrected chi connectivity index (χ1v) is 9.91. The van der Waals surface area contributed by atoms with Crippen LogP contribution in [0.25, 0.3) is 16.7 Å². The maximum atomic E-state index is 12.2. The van der Waals surface area contributed by atoms with Crippen LogP contribution in [0, 0.1) is 0 Å². The molecule has 0 fully saturated rings. The number of carbonyl (C=O) groups is 1. The fourth-order valence-corrected chi connectivity index (χ4v) is 3.59. The minimum atomic E-state index is -0.0930. The van der Waals surface area contributed by atoms with Gasteiger partial charge in [-0.25, -0.2) is 14.6 Å². The van der Waals surface area contributed by atoms with Gasteiger partial charge in [-0.05, 0) is 36.4 Å². The molecule has 0 saturated carbocycles. The molecule has 0 spiro atoms. The van der Waals surface area contributed by atoms with Crippen molar-refractivity contribution >= 4 is 50.3 Å². The first-order chi connectivity index (χ1) is 13.2. The van der Waals surface area contributed by atoms with Crippen molar-refractivity contribution in [3.8, 4) is 5.69 Å². The standard InChI is InChI=1S/C19H14BrN5OS/c20-13-6-8-14(9-7-13)24-17(26)11-27-19-16-10-23-25(18(16)21-12-22-19)15-4-2-1-3-5-15/h1-10,12H,11H2,(H,24,26). The first-order valence-electron chi connectivity index (χ1n) is 8.13. The second kappa shape index (κ2) is 7.89. The predicted octanol–water partition coefficient (Wildman–Crippen LogP) is 4.31. The van der Waals surface area contributed by atoms with Gasteiger partial charge in [-0.2, -0.15) is 5.10 Å². The Labute approximate surface area is 168 Å². The van der Waals surface area contributed by atoms with Gasteiger partial charge >= 0.3 is 0 Å². The number of para-hydroxylation sites is 1. The van der Waals surface area contributed by atoms with Crippen LogP contribution in [0.1, 0.15) is 0 Å².